The van der Waals surface area contributed by atoms with Crippen LogP contribution in [0.5, 0.6) is 0 Å². The van der Waals surface area contributed by atoms with Crippen LogP contribution in [0.15, 0.2) is 64.5 Å². The molecule has 5 nitrogen and oxygen atoms in total. The predicted octanol–water partition coefficient (Wildman–Crippen LogP) is 4.89. The Hall–Kier alpha value is -1.74. The molecule has 0 aliphatic heterocycles. The van der Waals surface area contributed by atoms with Crippen LogP contribution in [0.3, 0.4) is 0 Å². The molecule has 0 spiro atoms. The van der Waals surface area contributed by atoms with Gasteiger partial charge in [0.2, 0.25) is 5.91 Å². The lowest BCUT2D eigenvalue weighted by molar-refractivity contribution is -0.118. The third-order valence-electron chi connectivity index (χ3n) is 4.89. The zero-order valence-electron chi connectivity index (χ0n) is 17.8. The molecule has 0 saturated heterocycles. The zero-order valence-corrected chi connectivity index (χ0v) is 20.9. The van der Waals surface area contributed by atoms with E-state index in [0.29, 0.717) is 6.54 Å². The lowest BCUT2D eigenvalue weighted by atomic mass is 10.1. The third-order valence-corrected chi connectivity index (χ3v) is 6.39. The van der Waals surface area contributed by atoms with Crippen LogP contribution in [0.4, 0.5) is 5.69 Å². The van der Waals surface area contributed by atoms with Crippen LogP contribution in [-0.2, 0) is 11.3 Å². The first-order valence-corrected chi connectivity index (χ1v) is 10.9. The van der Waals surface area contributed by atoms with Crippen molar-refractivity contribution in [2.75, 3.05) is 18.9 Å². The summed E-state index contributed by atoms with van der Waals surface area (Å²) < 4.78 is 0.273. The minimum absolute atomic E-state index is 0. The second-order valence-corrected chi connectivity index (χ2v) is 9.26. The average molecular weight is 538 g/mol. The molecule has 0 atom stereocenters. The number of halogens is 1. The number of carbonyl (C=O) groups excluding carboxylic acids is 1. The van der Waals surface area contributed by atoms with E-state index in [4.69, 9.17) is 0 Å². The average Bonchev–Trinajstić information content (AvgIpc) is 3.49. The molecule has 2 aromatic rings. The number of carbonyl (C=O) groups is 1. The molecule has 0 unspecified atom stereocenters. The first-order valence-electron chi connectivity index (χ1n) is 10.1. The van der Waals surface area contributed by atoms with E-state index in [0.717, 1.165) is 23.8 Å². The lowest BCUT2D eigenvalue weighted by Gasteiger charge is -2.18. The third kappa shape index (κ3) is 7.50. The van der Waals surface area contributed by atoms with Gasteiger partial charge >= 0.3 is 0 Å². The largest absolute Gasteiger partial charge is 0.355 e. The number of nitrogens with one attached hydrogen (secondary N) is 3. The van der Waals surface area contributed by atoms with Gasteiger partial charge in [-0.05, 0) is 42.7 Å². The first-order chi connectivity index (χ1) is 14.0. The maximum atomic E-state index is 11.8. The molecular weight excluding hydrogens is 507 g/mol. The number of aliphatic imine (C=N–C) groups is 1. The molecule has 3 rings (SSSR count). The molecule has 2 aromatic carbocycles. The molecule has 1 amide bonds. The van der Waals surface area contributed by atoms with Gasteiger partial charge in [0.05, 0.1) is 0 Å². The highest BCUT2D eigenvalue weighted by atomic mass is 127. The number of thioether (sulfide) groups is 1. The van der Waals surface area contributed by atoms with Crippen molar-refractivity contribution in [2.45, 2.75) is 42.9 Å². The number of hydrogen-bond donors (Lipinski definition) is 3. The summed E-state index contributed by atoms with van der Waals surface area (Å²) in [4.78, 5) is 17.4. The number of anilines is 1. The number of nitrogens with zero attached hydrogens (tertiary/aromatic N) is 1. The molecule has 0 aromatic heterocycles. The summed E-state index contributed by atoms with van der Waals surface area (Å²) in [6.45, 7) is 5.34. The Morgan fingerprint density at radius 2 is 1.73 bits per heavy atom. The molecule has 30 heavy (non-hydrogen) atoms. The van der Waals surface area contributed by atoms with E-state index < -0.39 is 0 Å². The lowest BCUT2D eigenvalue weighted by Crippen LogP contribution is -2.40. The van der Waals surface area contributed by atoms with Crippen LogP contribution in [0.2, 0.25) is 0 Å². The van der Waals surface area contributed by atoms with Gasteiger partial charge in [-0.25, -0.2) is 0 Å². The van der Waals surface area contributed by atoms with Crippen LogP contribution in [0.1, 0.15) is 32.3 Å². The molecule has 1 saturated carbocycles. The van der Waals surface area contributed by atoms with E-state index in [1.54, 1.807) is 7.05 Å². The maximum Gasteiger partial charge on any atom is 0.226 e. The van der Waals surface area contributed by atoms with Crippen LogP contribution in [0.25, 0.3) is 0 Å². The van der Waals surface area contributed by atoms with Gasteiger partial charge in [-0.3, -0.25) is 9.79 Å². The molecule has 1 aliphatic rings. The monoisotopic (exact) mass is 538 g/mol. The van der Waals surface area contributed by atoms with E-state index in [9.17, 15) is 4.79 Å². The maximum absolute atomic E-state index is 11.8. The van der Waals surface area contributed by atoms with Gasteiger partial charge in [-0.1, -0.05) is 44.2 Å². The number of guanidine groups is 1. The van der Waals surface area contributed by atoms with E-state index in [1.165, 1.54) is 17.7 Å². The Bertz CT molecular complexity index is 836. The van der Waals surface area contributed by atoms with Crippen molar-refractivity contribution >= 4 is 53.3 Å². The Kier molecular flexibility index (Phi) is 9.48. The summed E-state index contributed by atoms with van der Waals surface area (Å²) in [5.74, 6) is 0.811. The van der Waals surface area contributed by atoms with Crippen molar-refractivity contribution in [3.05, 3.63) is 60.2 Å². The van der Waals surface area contributed by atoms with Crippen LogP contribution < -0.4 is 16.0 Å². The molecule has 0 radical (unpaired) electrons. The van der Waals surface area contributed by atoms with E-state index >= 15 is 0 Å². The molecule has 7 heteroatoms. The molecule has 3 N–H and O–H groups in total. The van der Waals surface area contributed by atoms with Crippen molar-refractivity contribution < 1.29 is 4.79 Å². The minimum Gasteiger partial charge on any atom is -0.355 e. The van der Waals surface area contributed by atoms with Gasteiger partial charge in [-0.15, -0.1) is 35.7 Å². The molecule has 1 aliphatic carbocycles. The van der Waals surface area contributed by atoms with Crippen LogP contribution in [-0.4, -0.2) is 30.2 Å². The standard InChI is InChI=1S/C23H30N4OS.HI/c1-17(2)21(28)27-19-11-9-18(10-12-19)15-25-22(24-3)26-16-23(13-14-23)29-20-7-5-4-6-8-20;/h4-12,17H,13-16H2,1-3H3,(H,27,28)(H2,24,25,26);1H. The second kappa shape index (κ2) is 11.6. The molecule has 1 fully saturated rings. The van der Waals surface area contributed by atoms with Gasteiger partial charge in [0.1, 0.15) is 0 Å². The van der Waals surface area contributed by atoms with E-state index in [2.05, 4.69) is 51.3 Å². The Morgan fingerprint density at radius 3 is 2.30 bits per heavy atom. The minimum atomic E-state index is -0.0273. The van der Waals surface area contributed by atoms with Crippen LogP contribution >= 0.6 is 35.7 Å². The zero-order chi connectivity index (χ0) is 20.7. The second-order valence-electron chi connectivity index (χ2n) is 7.72. The molecular formula is C23H31IN4OS. The van der Waals surface area contributed by atoms with Crippen molar-refractivity contribution in [3.8, 4) is 0 Å². The van der Waals surface area contributed by atoms with Crippen molar-refractivity contribution in [2.24, 2.45) is 10.9 Å². The molecule has 0 heterocycles. The smallest absolute Gasteiger partial charge is 0.226 e. The highest BCUT2D eigenvalue weighted by Crippen LogP contribution is 2.51. The number of amides is 1. The fourth-order valence-electron chi connectivity index (χ4n) is 2.84. The highest BCUT2D eigenvalue weighted by Gasteiger charge is 2.43. The summed E-state index contributed by atoms with van der Waals surface area (Å²) in [5, 5.41) is 9.76. The normalized spacial score (nSPS) is 14.6. The molecule has 0 bridgehead atoms. The first kappa shape index (κ1) is 24.5. The summed E-state index contributed by atoms with van der Waals surface area (Å²) in [7, 11) is 1.80. The highest BCUT2D eigenvalue weighted by molar-refractivity contribution is 14.0. The Labute approximate surface area is 200 Å². The fraction of sp³-hybridized carbons (Fsp3) is 0.391. The van der Waals surface area contributed by atoms with Crippen molar-refractivity contribution in [1.29, 1.82) is 0 Å². The Morgan fingerprint density at radius 1 is 1.07 bits per heavy atom. The van der Waals surface area contributed by atoms with Crippen molar-refractivity contribution in [1.82, 2.24) is 10.6 Å². The van der Waals surface area contributed by atoms with E-state index in [-0.39, 0.29) is 40.5 Å². The summed E-state index contributed by atoms with van der Waals surface area (Å²) in [5.41, 5.74) is 1.96. The van der Waals surface area contributed by atoms with Crippen LogP contribution in [0, 0.1) is 5.92 Å². The predicted molar refractivity (Wildman–Crippen MR) is 138 cm³/mol. The van der Waals surface area contributed by atoms with Gasteiger partial charge in [0, 0.05) is 41.4 Å². The summed E-state index contributed by atoms with van der Waals surface area (Å²) >= 11 is 1.95. The van der Waals surface area contributed by atoms with Gasteiger partial charge in [-0.2, -0.15) is 0 Å². The summed E-state index contributed by atoms with van der Waals surface area (Å²) in [6, 6.07) is 18.5. The van der Waals surface area contributed by atoms with E-state index in [1.807, 2.05) is 49.9 Å². The topological polar surface area (TPSA) is 65.5 Å². The Balaban J connectivity index is 0.00000320. The number of benzene rings is 2. The summed E-state index contributed by atoms with van der Waals surface area (Å²) in [6.07, 6.45) is 2.44. The molecule has 162 valence electrons. The van der Waals surface area contributed by atoms with Gasteiger partial charge in [0.15, 0.2) is 5.96 Å². The van der Waals surface area contributed by atoms with Gasteiger partial charge in [0.25, 0.3) is 0 Å². The van der Waals surface area contributed by atoms with Crippen molar-refractivity contribution in [3.63, 3.8) is 0 Å². The number of rotatable bonds is 8. The quantitative estimate of drug-likeness (QED) is 0.255. The van der Waals surface area contributed by atoms with Gasteiger partial charge < -0.3 is 16.0 Å². The fourth-order valence-corrected chi connectivity index (χ4v) is 4.08. The SMILES string of the molecule is CN=C(NCc1ccc(NC(=O)C(C)C)cc1)NCC1(Sc2ccccc2)CC1.I. The number of hydrogen-bond acceptors (Lipinski definition) is 3.